The maximum absolute atomic E-state index is 8.78. The van der Waals surface area contributed by atoms with Crippen LogP contribution in [0.3, 0.4) is 0 Å². The molecule has 0 aliphatic rings. The lowest BCUT2D eigenvalue weighted by atomic mass is 10.1. The van der Waals surface area contributed by atoms with Gasteiger partial charge in [0.1, 0.15) is 0 Å². The van der Waals surface area contributed by atoms with Crippen molar-refractivity contribution in [2.24, 2.45) is 7.05 Å². The number of aliphatic hydroxyl groups excluding tert-OH is 1. The second kappa shape index (κ2) is 3.18. The average Bonchev–Trinajstić information content (AvgIpc) is 2.48. The van der Waals surface area contributed by atoms with Crippen LogP contribution >= 0.6 is 0 Å². The molecular weight excluding hydrogens is 164 g/mol. The quantitative estimate of drug-likeness (QED) is 0.744. The van der Waals surface area contributed by atoms with Crippen molar-refractivity contribution in [3.63, 3.8) is 0 Å². The Balaban J connectivity index is 2.50. The van der Waals surface area contributed by atoms with Crippen molar-refractivity contribution < 1.29 is 5.11 Å². The summed E-state index contributed by atoms with van der Waals surface area (Å²) in [5, 5.41) is 14.1. The van der Waals surface area contributed by atoms with E-state index in [1.165, 1.54) is 0 Å². The fraction of sp³-hybridized carbons (Fsp3) is 0.300. The van der Waals surface area contributed by atoms with Gasteiger partial charge >= 0.3 is 0 Å². The molecule has 0 atom stereocenters. The first-order chi connectivity index (χ1) is 6.31. The third-order valence-corrected chi connectivity index (χ3v) is 2.21. The fourth-order valence-corrected chi connectivity index (χ4v) is 1.50. The molecular formula is C10H12N2O. The summed E-state index contributed by atoms with van der Waals surface area (Å²) in [6.45, 7) is 0.200. The number of rotatable bonds is 2. The summed E-state index contributed by atoms with van der Waals surface area (Å²) >= 11 is 0. The van der Waals surface area contributed by atoms with E-state index in [9.17, 15) is 0 Å². The van der Waals surface area contributed by atoms with Gasteiger partial charge in [0.2, 0.25) is 0 Å². The van der Waals surface area contributed by atoms with Crippen molar-refractivity contribution in [1.29, 1.82) is 0 Å². The molecule has 13 heavy (non-hydrogen) atoms. The highest BCUT2D eigenvalue weighted by molar-refractivity contribution is 5.79. The van der Waals surface area contributed by atoms with Crippen LogP contribution in [-0.2, 0) is 13.5 Å². The van der Waals surface area contributed by atoms with Gasteiger partial charge in [-0.15, -0.1) is 0 Å². The van der Waals surface area contributed by atoms with E-state index in [2.05, 4.69) is 11.2 Å². The van der Waals surface area contributed by atoms with Crippen LogP contribution in [0.2, 0.25) is 0 Å². The van der Waals surface area contributed by atoms with Crippen LogP contribution in [0, 0.1) is 0 Å². The lowest BCUT2D eigenvalue weighted by Gasteiger charge is -1.98. The Kier molecular flexibility index (Phi) is 2.02. The Bertz CT molecular complexity index is 420. The molecule has 0 amide bonds. The number of aryl methyl sites for hydroxylation is 1. The van der Waals surface area contributed by atoms with Crippen molar-refractivity contribution >= 4 is 10.9 Å². The largest absolute Gasteiger partial charge is 0.396 e. The molecule has 1 heterocycles. The smallest absolute Gasteiger partial charge is 0.0679 e. The molecule has 2 aromatic rings. The van der Waals surface area contributed by atoms with Gasteiger partial charge in [-0.05, 0) is 24.1 Å². The minimum atomic E-state index is 0.200. The van der Waals surface area contributed by atoms with Crippen molar-refractivity contribution in [2.45, 2.75) is 6.42 Å². The molecule has 1 aromatic carbocycles. The van der Waals surface area contributed by atoms with Crippen LogP contribution in [0.25, 0.3) is 10.9 Å². The minimum absolute atomic E-state index is 0.200. The number of nitrogens with zero attached hydrogens (tertiary/aromatic N) is 2. The third-order valence-electron chi connectivity index (χ3n) is 2.21. The number of fused-ring (bicyclic) bond motifs is 1. The van der Waals surface area contributed by atoms with E-state index >= 15 is 0 Å². The van der Waals surface area contributed by atoms with Crippen LogP contribution in [0.5, 0.6) is 0 Å². The molecule has 2 rings (SSSR count). The molecule has 0 spiro atoms. The maximum atomic E-state index is 8.78. The molecule has 0 aliphatic carbocycles. The van der Waals surface area contributed by atoms with Gasteiger partial charge in [-0.1, -0.05) is 6.07 Å². The highest BCUT2D eigenvalue weighted by Gasteiger charge is 1.99. The van der Waals surface area contributed by atoms with E-state index in [-0.39, 0.29) is 6.61 Å². The topological polar surface area (TPSA) is 38.0 Å². The average molecular weight is 176 g/mol. The predicted molar refractivity (Wildman–Crippen MR) is 51.5 cm³/mol. The number of aromatic nitrogens is 2. The van der Waals surface area contributed by atoms with E-state index in [0.29, 0.717) is 6.42 Å². The maximum Gasteiger partial charge on any atom is 0.0679 e. The van der Waals surface area contributed by atoms with E-state index in [0.717, 1.165) is 16.5 Å². The van der Waals surface area contributed by atoms with Crippen molar-refractivity contribution in [3.8, 4) is 0 Å². The number of hydrogen-bond acceptors (Lipinski definition) is 2. The van der Waals surface area contributed by atoms with E-state index in [1.54, 1.807) is 0 Å². The molecule has 3 heteroatoms. The third kappa shape index (κ3) is 1.42. The van der Waals surface area contributed by atoms with Gasteiger partial charge in [-0.25, -0.2) is 0 Å². The van der Waals surface area contributed by atoms with E-state index in [4.69, 9.17) is 5.11 Å². The molecule has 3 nitrogen and oxygen atoms in total. The fourth-order valence-electron chi connectivity index (χ4n) is 1.50. The summed E-state index contributed by atoms with van der Waals surface area (Å²) < 4.78 is 1.85. The van der Waals surface area contributed by atoms with Gasteiger partial charge in [0.25, 0.3) is 0 Å². The van der Waals surface area contributed by atoms with Crippen LogP contribution in [0.4, 0.5) is 0 Å². The normalized spacial score (nSPS) is 10.9. The second-order valence-corrected chi connectivity index (χ2v) is 3.13. The van der Waals surface area contributed by atoms with Gasteiger partial charge < -0.3 is 5.11 Å². The Hall–Kier alpha value is -1.35. The number of aliphatic hydroxyl groups is 1. The van der Waals surface area contributed by atoms with Crippen LogP contribution in [0.1, 0.15) is 5.56 Å². The standard InChI is InChI=1S/C10H12N2O/c1-12-10-3-2-8(4-5-13)6-9(10)7-11-12/h2-3,6-7,13H,4-5H2,1H3. The van der Waals surface area contributed by atoms with Crippen molar-refractivity contribution in [2.75, 3.05) is 6.61 Å². The first-order valence-corrected chi connectivity index (χ1v) is 4.33. The molecule has 0 unspecified atom stereocenters. The lowest BCUT2D eigenvalue weighted by molar-refractivity contribution is 0.299. The van der Waals surface area contributed by atoms with Gasteiger partial charge in [0.05, 0.1) is 11.7 Å². The zero-order chi connectivity index (χ0) is 9.26. The van der Waals surface area contributed by atoms with Gasteiger partial charge in [0.15, 0.2) is 0 Å². The molecule has 68 valence electrons. The molecule has 0 aliphatic heterocycles. The lowest BCUT2D eigenvalue weighted by Crippen LogP contribution is -1.91. The summed E-state index contributed by atoms with van der Waals surface area (Å²) in [7, 11) is 1.92. The summed E-state index contributed by atoms with van der Waals surface area (Å²) in [5.41, 5.74) is 2.28. The van der Waals surface area contributed by atoms with Crippen molar-refractivity contribution in [3.05, 3.63) is 30.0 Å². The monoisotopic (exact) mass is 176 g/mol. The van der Waals surface area contributed by atoms with Crippen LogP contribution < -0.4 is 0 Å². The summed E-state index contributed by atoms with van der Waals surface area (Å²) in [4.78, 5) is 0. The highest BCUT2D eigenvalue weighted by atomic mass is 16.2. The minimum Gasteiger partial charge on any atom is -0.396 e. The van der Waals surface area contributed by atoms with Crippen molar-refractivity contribution in [1.82, 2.24) is 9.78 Å². The predicted octanol–water partition coefficient (Wildman–Crippen LogP) is 1.11. The molecule has 0 radical (unpaired) electrons. The Labute approximate surface area is 76.6 Å². The van der Waals surface area contributed by atoms with Crippen LogP contribution in [-0.4, -0.2) is 21.5 Å². The second-order valence-electron chi connectivity index (χ2n) is 3.13. The molecule has 0 fully saturated rings. The molecule has 0 saturated heterocycles. The van der Waals surface area contributed by atoms with Crippen LogP contribution in [0.15, 0.2) is 24.4 Å². The highest BCUT2D eigenvalue weighted by Crippen LogP contribution is 2.14. The molecule has 0 bridgehead atoms. The van der Waals surface area contributed by atoms with E-state index in [1.807, 2.05) is 30.1 Å². The number of hydrogen-bond donors (Lipinski definition) is 1. The van der Waals surface area contributed by atoms with Gasteiger partial charge in [-0.2, -0.15) is 5.10 Å². The summed E-state index contributed by atoms with van der Waals surface area (Å²) in [6.07, 6.45) is 2.56. The van der Waals surface area contributed by atoms with Gasteiger partial charge in [0, 0.05) is 19.0 Å². The van der Waals surface area contributed by atoms with E-state index < -0.39 is 0 Å². The SMILES string of the molecule is Cn1ncc2cc(CCO)ccc21. The first kappa shape index (κ1) is 8.26. The zero-order valence-corrected chi connectivity index (χ0v) is 7.57. The Morgan fingerprint density at radius 2 is 2.31 bits per heavy atom. The first-order valence-electron chi connectivity index (χ1n) is 4.33. The Morgan fingerprint density at radius 3 is 3.08 bits per heavy atom. The molecule has 1 N–H and O–H groups in total. The van der Waals surface area contributed by atoms with Gasteiger partial charge in [-0.3, -0.25) is 4.68 Å². The molecule has 1 aromatic heterocycles. The molecule has 0 saturated carbocycles. The number of benzene rings is 1. The summed E-state index contributed by atoms with van der Waals surface area (Å²) in [5.74, 6) is 0. The summed E-state index contributed by atoms with van der Waals surface area (Å²) in [6, 6.07) is 6.13. The Morgan fingerprint density at radius 1 is 1.46 bits per heavy atom. The zero-order valence-electron chi connectivity index (χ0n) is 7.57.